The van der Waals surface area contributed by atoms with Crippen molar-refractivity contribution in [2.24, 2.45) is 0 Å². The summed E-state index contributed by atoms with van der Waals surface area (Å²) >= 11 is 8.71. The van der Waals surface area contributed by atoms with E-state index in [-0.39, 0.29) is 11.0 Å². The molecule has 0 fully saturated rings. The molecule has 0 bridgehead atoms. The molecule has 0 aromatic carbocycles. The summed E-state index contributed by atoms with van der Waals surface area (Å²) in [5.41, 5.74) is 0. The number of hydrogen-bond donors (Lipinski definition) is 0. The summed E-state index contributed by atoms with van der Waals surface area (Å²) in [5.74, 6) is 1.72. The number of ketones is 1. The van der Waals surface area contributed by atoms with E-state index in [1.54, 1.807) is 30.2 Å². The molecule has 0 radical (unpaired) electrons. The Bertz CT molecular complexity index is 490. The highest BCUT2D eigenvalue weighted by molar-refractivity contribution is 7.99. The van der Waals surface area contributed by atoms with Crippen molar-refractivity contribution < 1.29 is 9.21 Å². The molecule has 2 aromatic rings. The van der Waals surface area contributed by atoms with Crippen molar-refractivity contribution in [3.63, 3.8) is 0 Å². The van der Waals surface area contributed by atoms with Crippen LogP contribution in [0.2, 0.25) is 4.34 Å². The van der Waals surface area contributed by atoms with E-state index in [0.717, 1.165) is 10.6 Å². The van der Waals surface area contributed by atoms with Gasteiger partial charge in [0, 0.05) is 0 Å². The summed E-state index contributed by atoms with van der Waals surface area (Å²) in [5, 5.41) is -0.0881. The number of furan rings is 1. The average molecular weight is 287 g/mol. The Morgan fingerprint density at radius 2 is 2.35 bits per heavy atom. The van der Waals surface area contributed by atoms with Crippen LogP contribution in [0.3, 0.4) is 0 Å². The minimum atomic E-state index is -0.0881. The van der Waals surface area contributed by atoms with Gasteiger partial charge in [0.15, 0.2) is 5.78 Å². The molecule has 0 spiro atoms. The summed E-state index contributed by atoms with van der Waals surface area (Å²) in [6.07, 6.45) is 1.64. The first kappa shape index (κ1) is 12.7. The number of hydrogen-bond acceptors (Lipinski definition) is 4. The Balaban J connectivity index is 1.91. The molecule has 0 aliphatic rings. The van der Waals surface area contributed by atoms with Gasteiger partial charge in [-0.15, -0.1) is 23.1 Å². The van der Waals surface area contributed by atoms with Crippen molar-refractivity contribution in [2.75, 3.05) is 0 Å². The Labute approximate surface area is 113 Å². The van der Waals surface area contributed by atoms with Crippen LogP contribution >= 0.6 is 34.7 Å². The molecule has 1 atom stereocenters. The maximum absolute atomic E-state index is 12.0. The van der Waals surface area contributed by atoms with Crippen LogP contribution in [-0.4, -0.2) is 11.0 Å². The fraction of sp³-hybridized carbons (Fsp3) is 0.250. The summed E-state index contributed by atoms with van der Waals surface area (Å²) in [4.78, 5) is 12.7. The van der Waals surface area contributed by atoms with Crippen molar-refractivity contribution in [1.82, 2.24) is 0 Å². The number of halogens is 1. The molecule has 0 saturated carbocycles. The lowest BCUT2D eigenvalue weighted by molar-refractivity contribution is 0.0998. The molecule has 0 N–H and O–H groups in total. The largest absolute Gasteiger partial charge is 0.468 e. The zero-order valence-electron chi connectivity index (χ0n) is 9.18. The van der Waals surface area contributed by atoms with E-state index in [2.05, 4.69) is 0 Å². The van der Waals surface area contributed by atoms with Gasteiger partial charge in [-0.1, -0.05) is 11.6 Å². The van der Waals surface area contributed by atoms with Crippen LogP contribution in [0.25, 0.3) is 0 Å². The predicted octanol–water partition coefficient (Wildman–Crippen LogP) is 4.50. The molecule has 0 aliphatic heterocycles. The van der Waals surface area contributed by atoms with Gasteiger partial charge in [0.25, 0.3) is 0 Å². The smallest absolute Gasteiger partial charge is 0.185 e. The van der Waals surface area contributed by atoms with Crippen molar-refractivity contribution >= 4 is 40.5 Å². The van der Waals surface area contributed by atoms with Crippen LogP contribution in [-0.2, 0) is 5.75 Å². The van der Waals surface area contributed by atoms with Gasteiger partial charge >= 0.3 is 0 Å². The molecule has 1 unspecified atom stereocenters. The second kappa shape index (κ2) is 5.76. The number of carbonyl (C=O) groups is 1. The maximum atomic E-state index is 12.0. The molecule has 5 heteroatoms. The number of thiophene rings is 1. The summed E-state index contributed by atoms with van der Waals surface area (Å²) in [6, 6.07) is 7.29. The van der Waals surface area contributed by atoms with E-state index in [4.69, 9.17) is 16.0 Å². The molecule has 2 aromatic heterocycles. The van der Waals surface area contributed by atoms with E-state index in [9.17, 15) is 4.79 Å². The van der Waals surface area contributed by atoms with Gasteiger partial charge < -0.3 is 4.42 Å². The molecule has 2 rings (SSSR count). The molecule has 17 heavy (non-hydrogen) atoms. The van der Waals surface area contributed by atoms with Crippen LogP contribution in [0.15, 0.2) is 34.9 Å². The van der Waals surface area contributed by atoms with Crippen LogP contribution in [0, 0.1) is 0 Å². The quantitative estimate of drug-likeness (QED) is 0.758. The molecule has 0 aliphatic carbocycles. The number of carbonyl (C=O) groups excluding carboxylic acids is 1. The molecule has 2 heterocycles. The van der Waals surface area contributed by atoms with Gasteiger partial charge in [-0.25, -0.2) is 0 Å². The zero-order chi connectivity index (χ0) is 12.3. The fourth-order valence-corrected chi connectivity index (χ4v) is 3.33. The molecular formula is C12H11ClO2S2. The monoisotopic (exact) mass is 286 g/mol. The molecule has 2 nitrogen and oxygen atoms in total. The minimum absolute atomic E-state index is 0.0881. The Morgan fingerprint density at radius 1 is 1.53 bits per heavy atom. The lowest BCUT2D eigenvalue weighted by Crippen LogP contribution is -2.12. The number of Topliss-reactive ketones (excluding diaryl/α,β-unsaturated/α-hetero) is 1. The topological polar surface area (TPSA) is 30.2 Å². The van der Waals surface area contributed by atoms with Crippen molar-refractivity contribution in [1.29, 1.82) is 0 Å². The van der Waals surface area contributed by atoms with Crippen molar-refractivity contribution in [2.45, 2.75) is 17.9 Å². The highest BCUT2D eigenvalue weighted by Gasteiger charge is 2.17. The minimum Gasteiger partial charge on any atom is -0.468 e. The lowest BCUT2D eigenvalue weighted by Gasteiger charge is -2.07. The van der Waals surface area contributed by atoms with Gasteiger partial charge in [-0.05, 0) is 31.2 Å². The summed E-state index contributed by atoms with van der Waals surface area (Å²) < 4.78 is 5.87. The first-order chi connectivity index (χ1) is 8.16. The average Bonchev–Trinajstić information content (AvgIpc) is 2.95. The van der Waals surface area contributed by atoms with Crippen LogP contribution in [0.4, 0.5) is 0 Å². The van der Waals surface area contributed by atoms with E-state index < -0.39 is 0 Å². The zero-order valence-corrected chi connectivity index (χ0v) is 11.6. The first-order valence-corrected chi connectivity index (χ1v) is 7.34. The Kier molecular flexibility index (Phi) is 4.31. The van der Waals surface area contributed by atoms with Gasteiger partial charge in [0.05, 0.1) is 26.5 Å². The summed E-state index contributed by atoms with van der Waals surface area (Å²) in [6.45, 7) is 1.91. The second-order valence-corrected chi connectivity index (χ2v) is 6.54. The van der Waals surface area contributed by atoms with Gasteiger partial charge in [-0.3, -0.25) is 4.79 Å². The van der Waals surface area contributed by atoms with E-state index >= 15 is 0 Å². The predicted molar refractivity (Wildman–Crippen MR) is 73.1 cm³/mol. The number of rotatable bonds is 5. The second-order valence-electron chi connectivity index (χ2n) is 3.50. The third-order valence-corrected chi connectivity index (χ3v) is 4.65. The van der Waals surface area contributed by atoms with Crippen LogP contribution in [0.5, 0.6) is 0 Å². The highest BCUT2D eigenvalue weighted by Crippen LogP contribution is 2.27. The van der Waals surface area contributed by atoms with E-state index in [0.29, 0.717) is 10.1 Å². The van der Waals surface area contributed by atoms with E-state index in [1.165, 1.54) is 11.3 Å². The normalized spacial score (nSPS) is 12.6. The third kappa shape index (κ3) is 3.37. The van der Waals surface area contributed by atoms with Gasteiger partial charge in [-0.2, -0.15) is 0 Å². The summed E-state index contributed by atoms with van der Waals surface area (Å²) in [7, 11) is 0. The number of thioether (sulfide) groups is 1. The molecular weight excluding hydrogens is 276 g/mol. The standard InChI is InChI=1S/C12H11ClO2S2/c1-8(16-7-9-3-2-6-15-9)12(14)10-4-5-11(13)17-10/h2-6,8H,7H2,1H3. The molecule has 90 valence electrons. The van der Waals surface area contributed by atoms with E-state index in [1.807, 2.05) is 19.1 Å². The SMILES string of the molecule is CC(SCc1ccco1)C(=O)c1ccc(Cl)s1. The van der Waals surface area contributed by atoms with Crippen molar-refractivity contribution in [3.05, 3.63) is 45.5 Å². The van der Waals surface area contributed by atoms with Crippen LogP contribution in [0.1, 0.15) is 22.4 Å². The fourth-order valence-electron chi connectivity index (χ4n) is 1.32. The third-order valence-electron chi connectivity index (χ3n) is 2.24. The van der Waals surface area contributed by atoms with Gasteiger partial charge in [0.1, 0.15) is 5.76 Å². The maximum Gasteiger partial charge on any atom is 0.185 e. The lowest BCUT2D eigenvalue weighted by atomic mass is 10.2. The highest BCUT2D eigenvalue weighted by atomic mass is 35.5. The van der Waals surface area contributed by atoms with Crippen molar-refractivity contribution in [3.8, 4) is 0 Å². The first-order valence-electron chi connectivity index (χ1n) is 5.10. The Hall–Kier alpha value is -0.710. The molecule has 0 amide bonds. The molecule has 0 saturated heterocycles. The van der Waals surface area contributed by atoms with Crippen LogP contribution < -0.4 is 0 Å². The Morgan fingerprint density at radius 3 is 2.94 bits per heavy atom. The van der Waals surface area contributed by atoms with Gasteiger partial charge in [0.2, 0.25) is 0 Å².